The van der Waals surface area contributed by atoms with E-state index in [1.54, 1.807) is 16.8 Å². The minimum atomic E-state index is -0.195. The lowest BCUT2D eigenvalue weighted by Crippen LogP contribution is -2.30. The van der Waals surface area contributed by atoms with Gasteiger partial charge >= 0.3 is 6.03 Å². The van der Waals surface area contributed by atoms with Gasteiger partial charge in [-0.15, -0.1) is 11.3 Å². The van der Waals surface area contributed by atoms with Crippen molar-refractivity contribution in [1.82, 2.24) is 15.6 Å². The van der Waals surface area contributed by atoms with Crippen molar-refractivity contribution in [2.75, 3.05) is 18.9 Å². The lowest BCUT2D eigenvalue weighted by Gasteiger charge is -2.13. The number of hydrogen-bond acceptors (Lipinski definition) is 4. The number of benzene rings is 1. The summed E-state index contributed by atoms with van der Waals surface area (Å²) in [5, 5.41) is 10.8. The number of carbonyl (C=O) groups excluding carboxylic acids is 1. The number of aromatic nitrogens is 1. The van der Waals surface area contributed by atoms with Crippen LogP contribution in [0.4, 0.5) is 10.5 Å². The third-order valence-electron chi connectivity index (χ3n) is 3.23. The lowest BCUT2D eigenvalue weighted by atomic mass is 10.1. The van der Waals surface area contributed by atoms with Crippen LogP contribution in [0.3, 0.4) is 0 Å². The van der Waals surface area contributed by atoms with Crippen LogP contribution in [0.2, 0.25) is 0 Å². The average molecular weight is 304 g/mol. The van der Waals surface area contributed by atoms with Crippen molar-refractivity contribution in [2.24, 2.45) is 0 Å². The molecule has 1 aromatic heterocycles. The zero-order chi connectivity index (χ0) is 15.1. The number of urea groups is 1. The first kappa shape index (κ1) is 15.5. The van der Waals surface area contributed by atoms with E-state index in [4.69, 9.17) is 0 Å². The molecule has 1 aromatic carbocycles. The van der Waals surface area contributed by atoms with E-state index >= 15 is 0 Å². The molecule has 0 aliphatic carbocycles. The number of hydrogen-bond donors (Lipinski definition) is 3. The van der Waals surface area contributed by atoms with Gasteiger partial charge < -0.3 is 16.0 Å². The summed E-state index contributed by atoms with van der Waals surface area (Å²) in [7, 11) is 1.91. The number of nitrogens with zero attached hydrogens (tertiary/aromatic N) is 1. The molecule has 0 radical (unpaired) electrons. The van der Waals surface area contributed by atoms with Crippen molar-refractivity contribution < 1.29 is 4.79 Å². The van der Waals surface area contributed by atoms with Gasteiger partial charge in [0.05, 0.1) is 11.2 Å². The van der Waals surface area contributed by atoms with Gasteiger partial charge in [-0.2, -0.15) is 0 Å². The molecule has 0 saturated heterocycles. The number of rotatable bonds is 6. The fourth-order valence-electron chi connectivity index (χ4n) is 1.89. The van der Waals surface area contributed by atoms with E-state index in [0.717, 1.165) is 23.4 Å². The topological polar surface area (TPSA) is 66.0 Å². The van der Waals surface area contributed by atoms with Crippen molar-refractivity contribution in [3.05, 3.63) is 46.4 Å². The molecule has 5 nitrogen and oxygen atoms in total. The smallest absolute Gasteiger partial charge is 0.319 e. The first-order chi connectivity index (χ1) is 10.2. The molecule has 0 fully saturated rings. The standard InChI is InChI=1S/C15H20N4OS/c1-11(16-2)12-4-3-5-13(8-12)19-15(20)17-7-6-14-9-21-10-18-14/h3-5,8-11,16H,6-7H2,1-2H3,(H2,17,19,20). The van der Waals surface area contributed by atoms with Crippen LogP contribution in [0.5, 0.6) is 0 Å². The van der Waals surface area contributed by atoms with Gasteiger partial charge in [0.1, 0.15) is 0 Å². The van der Waals surface area contributed by atoms with Gasteiger partial charge in [-0.3, -0.25) is 0 Å². The lowest BCUT2D eigenvalue weighted by molar-refractivity contribution is 0.252. The highest BCUT2D eigenvalue weighted by Crippen LogP contribution is 2.16. The summed E-state index contributed by atoms with van der Waals surface area (Å²) in [6, 6.07) is 7.88. The summed E-state index contributed by atoms with van der Waals surface area (Å²) >= 11 is 1.56. The molecule has 1 atom stereocenters. The van der Waals surface area contributed by atoms with Crippen LogP contribution in [0.1, 0.15) is 24.2 Å². The molecule has 21 heavy (non-hydrogen) atoms. The summed E-state index contributed by atoms with van der Waals surface area (Å²) in [6.45, 7) is 2.65. The normalized spacial score (nSPS) is 11.9. The molecule has 2 amide bonds. The Bertz CT molecular complexity index is 571. The molecule has 1 heterocycles. The number of thiazole rings is 1. The van der Waals surface area contributed by atoms with Gasteiger partial charge in [-0.05, 0) is 31.7 Å². The predicted molar refractivity (Wildman–Crippen MR) is 86.8 cm³/mol. The molecule has 0 bridgehead atoms. The van der Waals surface area contributed by atoms with E-state index in [9.17, 15) is 4.79 Å². The summed E-state index contributed by atoms with van der Waals surface area (Å²) in [5.41, 5.74) is 4.73. The van der Waals surface area contributed by atoms with Gasteiger partial charge in [-0.1, -0.05) is 12.1 Å². The van der Waals surface area contributed by atoms with Crippen molar-refractivity contribution in [3.63, 3.8) is 0 Å². The second-order valence-electron chi connectivity index (χ2n) is 4.75. The molecule has 0 aliphatic heterocycles. The Kier molecular flexibility index (Phi) is 5.71. The van der Waals surface area contributed by atoms with Crippen LogP contribution >= 0.6 is 11.3 Å². The number of amides is 2. The van der Waals surface area contributed by atoms with Gasteiger partial charge in [0.25, 0.3) is 0 Å². The molecule has 0 spiro atoms. The Balaban J connectivity index is 1.82. The monoisotopic (exact) mass is 304 g/mol. The molecule has 1 unspecified atom stereocenters. The summed E-state index contributed by atoms with van der Waals surface area (Å²) < 4.78 is 0. The van der Waals surface area contributed by atoms with Gasteiger partial charge in [0.2, 0.25) is 0 Å². The van der Waals surface area contributed by atoms with E-state index in [1.807, 2.05) is 36.7 Å². The average Bonchev–Trinajstić information content (AvgIpc) is 3.00. The second-order valence-corrected chi connectivity index (χ2v) is 5.47. The summed E-state index contributed by atoms with van der Waals surface area (Å²) in [6.07, 6.45) is 0.744. The third kappa shape index (κ3) is 4.84. The minimum absolute atomic E-state index is 0.195. The first-order valence-corrected chi connectivity index (χ1v) is 7.82. The fourth-order valence-corrected chi connectivity index (χ4v) is 2.49. The fraction of sp³-hybridized carbons (Fsp3) is 0.333. The maximum atomic E-state index is 11.8. The van der Waals surface area contributed by atoms with Crippen LogP contribution < -0.4 is 16.0 Å². The maximum absolute atomic E-state index is 11.8. The van der Waals surface area contributed by atoms with Crippen molar-refractivity contribution in [1.29, 1.82) is 0 Å². The van der Waals surface area contributed by atoms with Crippen molar-refractivity contribution >= 4 is 23.1 Å². The third-order valence-corrected chi connectivity index (χ3v) is 3.86. The predicted octanol–water partition coefficient (Wildman–Crippen LogP) is 2.79. The minimum Gasteiger partial charge on any atom is -0.337 e. The molecular weight excluding hydrogens is 284 g/mol. The Morgan fingerprint density at radius 1 is 1.43 bits per heavy atom. The van der Waals surface area contributed by atoms with E-state index in [-0.39, 0.29) is 12.1 Å². The quantitative estimate of drug-likeness (QED) is 0.769. The largest absolute Gasteiger partial charge is 0.337 e. The molecule has 112 valence electrons. The molecule has 0 aliphatic rings. The van der Waals surface area contributed by atoms with E-state index in [0.29, 0.717) is 6.54 Å². The van der Waals surface area contributed by atoms with Crippen molar-refractivity contribution in [3.8, 4) is 0 Å². The zero-order valence-corrected chi connectivity index (χ0v) is 13.0. The van der Waals surface area contributed by atoms with E-state index in [2.05, 4.69) is 27.9 Å². The van der Waals surface area contributed by atoms with Crippen LogP contribution in [0, 0.1) is 0 Å². The SMILES string of the molecule is CNC(C)c1cccc(NC(=O)NCCc2cscn2)c1. The molecule has 3 N–H and O–H groups in total. The second kappa shape index (κ2) is 7.75. The van der Waals surface area contributed by atoms with Crippen LogP contribution in [-0.2, 0) is 6.42 Å². The highest BCUT2D eigenvalue weighted by atomic mass is 32.1. The van der Waals surface area contributed by atoms with Crippen LogP contribution in [-0.4, -0.2) is 24.6 Å². The number of carbonyl (C=O) groups is 1. The van der Waals surface area contributed by atoms with Gasteiger partial charge in [0.15, 0.2) is 0 Å². The Hall–Kier alpha value is -1.92. The number of nitrogens with one attached hydrogen (secondary N) is 3. The Morgan fingerprint density at radius 2 is 2.29 bits per heavy atom. The van der Waals surface area contributed by atoms with Crippen molar-refractivity contribution in [2.45, 2.75) is 19.4 Å². The Labute approximate surface area is 128 Å². The first-order valence-electron chi connectivity index (χ1n) is 6.88. The summed E-state index contributed by atoms with van der Waals surface area (Å²) in [5.74, 6) is 0. The van der Waals surface area contributed by atoms with Gasteiger partial charge in [0, 0.05) is 30.1 Å². The molecule has 0 saturated carbocycles. The maximum Gasteiger partial charge on any atom is 0.319 e. The number of anilines is 1. The van der Waals surface area contributed by atoms with E-state index in [1.165, 1.54) is 0 Å². The molecular formula is C15H20N4OS. The van der Waals surface area contributed by atoms with Gasteiger partial charge in [-0.25, -0.2) is 9.78 Å². The van der Waals surface area contributed by atoms with Crippen LogP contribution in [0.15, 0.2) is 35.2 Å². The molecule has 2 aromatic rings. The zero-order valence-electron chi connectivity index (χ0n) is 12.2. The van der Waals surface area contributed by atoms with E-state index < -0.39 is 0 Å². The van der Waals surface area contributed by atoms with Crippen LogP contribution in [0.25, 0.3) is 0 Å². The summed E-state index contributed by atoms with van der Waals surface area (Å²) in [4.78, 5) is 16.0. The Morgan fingerprint density at radius 3 is 3.00 bits per heavy atom. The highest BCUT2D eigenvalue weighted by molar-refractivity contribution is 7.07. The molecule has 6 heteroatoms. The highest BCUT2D eigenvalue weighted by Gasteiger charge is 2.05. The molecule has 2 rings (SSSR count).